The Morgan fingerprint density at radius 2 is 1.84 bits per heavy atom. The Hall–Kier alpha value is -1.43. The van der Waals surface area contributed by atoms with Gasteiger partial charge in [0.05, 0.1) is 6.54 Å². The number of rotatable bonds is 8. The fourth-order valence-electron chi connectivity index (χ4n) is 1.84. The van der Waals surface area contributed by atoms with E-state index in [4.69, 9.17) is 15.9 Å². The minimum atomic E-state index is -0.314. The molecule has 0 saturated carbocycles. The summed E-state index contributed by atoms with van der Waals surface area (Å²) in [5.74, 6) is -0.478. The van der Waals surface area contributed by atoms with Crippen molar-refractivity contribution < 1.29 is 15.0 Å². The first-order chi connectivity index (χ1) is 9.21. The third-order valence-electron chi connectivity index (χ3n) is 3.04. The Morgan fingerprint density at radius 3 is 2.37 bits per heavy atom. The maximum Gasteiger partial charge on any atom is 0.236 e. The van der Waals surface area contributed by atoms with E-state index in [9.17, 15) is 4.79 Å². The number of nitrogens with zero attached hydrogens (tertiary/aromatic N) is 1. The van der Waals surface area contributed by atoms with E-state index in [0.29, 0.717) is 13.1 Å². The molecule has 106 valence electrons. The molecule has 1 amide bonds. The lowest BCUT2D eigenvalue weighted by molar-refractivity contribution is -0.130. The maximum absolute atomic E-state index is 11.7. The predicted octanol–water partition coefficient (Wildman–Crippen LogP) is -0.383. The monoisotopic (exact) mass is 266 g/mol. The molecule has 0 fully saturated rings. The molecule has 0 radical (unpaired) electrons. The topological polar surface area (TPSA) is 86.8 Å². The highest BCUT2D eigenvalue weighted by Gasteiger charge is 2.16. The van der Waals surface area contributed by atoms with Crippen LogP contribution >= 0.6 is 0 Å². The first-order valence-corrected chi connectivity index (χ1v) is 6.44. The van der Waals surface area contributed by atoms with Crippen molar-refractivity contribution in [1.82, 2.24) is 4.90 Å². The number of carbonyl (C=O) groups is 1. The van der Waals surface area contributed by atoms with Crippen LogP contribution < -0.4 is 5.73 Å². The second-order valence-electron chi connectivity index (χ2n) is 4.51. The van der Waals surface area contributed by atoms with Gasteiger partial charge in [-0.25, -0.2) is 0 Å². The van der Waals surface area contributed by atoms with E-state index >= 15 is 0 Å². The molecular formula is C14H22N2O3. The van der Waals surface area contributed by atoms with Crippen molar-refractivity contribution in [2.24, 2.45) is 11.7 Å². The molecular weight excluding hydrogens is 244 g/mol. The van der Waals surface area contributed by atoms with Gasteiger partial charge in [-0.15, -0.1) is 0 Å². The van der Waals surface area contributed by atoms with Gasteiger partial charge in [0.2, 0.25) is 5.91 Å². The fourth-order valence-corrected chi connectivity index (χ4v) is 1.84. The van der Waals surface area contributed by atoms with Gasteiger partial charge in [-0.05, 0) is 12.0 Å². The van der Waals surface area contributed by atoms with Gasteiger partial charge in [-0.3, -0.25) is 4.79 Å². The molecule has 1 aromatic rings. The van der Waals surface area contributed by atoms with E-state index in [1.807, 2.05) is 30.3 Å². The zero-order chi connectivity index (χ0) is 14.1. The summed E-state index contributed by atoms with van der Waals surface area (Å²) in [6.45, 7) is 0.525. The van der Waals surface area contributed by atoms with Crippen LogP contribution in [-0.4, -0.2) is 53.9 Å². The normalized spacial score (nSPS) is 10.7. The molecule has 0 unspecified atom stereocenters. The van der Waals surface area contributed by atoms with Crippen LogP contribution in [0.4, 0.5) is 0 Å². The van der Waals surface area contributed by atoms with Crippen LogP contribution in [0.2, 0.25) is 0 Å². The van der Waals surface area contributed by atoms with Gasteiger partial charge in [-0.1, -0.05) is 30.3 Å². The molecule has 5 nitrogen and oxygen atoms in total. The van der Waals surface area contributed by atoms with Gasteiger partial charge in [0.1, 0.15) is 0 Å². The highest BCUT2D eigenvalue weighted by atomic mass is 16.3. The molecule has 5 heteroatoms. The van der Waals surface area contributed by atoms with Crippen LogP contribution in [0.15, 0.2) is 30.3 Å². The molecule has 0 spiro atoms. The molecule has 19 heavy (non-hydrogen) atoms. The molecule has 0 saturated heterocycles. The standard InChI is InChI=1S/C14H22N2O3/c15-8-14(19)16(9-13(10-17)11-18)7-6-12-4-2-1-3-5-12/h1-5,13,17-18H,6-11,15H2. The number of benzene rings is 1. The first-order valence-electron chi connectivity index (χ1n) is 6.44. The summed E-state index contributed by atoms with van der Waals surface area (Å²) in [4.78, 5) is 13.3. The number of amides is 1. The van der Waals surface area contributed by atoms with E-state index in [1.165, 1.54) is 0 Å². The number of hydrogen-bond donors (Lipinski definition) is 3. The van der Waals surface area contributed by atoms with Crippen LogP contribution in [0.25, 0.3) is 0 Å². The van der Waals surface area contributed by atoms with E-state index in [2.05, 4.69) is 0 Å². The summed E-state index contributed by atoms with van der Waals surface area (Å²) >= 11 is 0. The first kappa shape index (κ1) is 15.6. The molecule has 0 aromatic heterocycles. The minimum Gasteiger partial charge on any atom is -0.396 e. The van der Waals surface area contributed by atoms with Gasteiger partial charge in [0.25, 0.3) is 0 Å². The van der Waals surface area contributed by atoms with Gasteiger partial charge in [0, 0.05) is 32.2 Å². The molecule has 0 aliphatic heterocycles. The van der Waals surface area contributed by atoms with Crippen LogP contribution in [0.5, 0.6) is 0 Å². The molecule has 0 atom stereocenters. The van der Waals surface area contributed by atoms with Crippen molar-refractivity contribution in [1.29, 1.82) is 0 Å². The van der Waals surface area contributed by atoms with E-state index < -0.39 is 0 Å². The Kier molecular flexibility index (Phi) is 7.10. The summed E-state index contributed by atoms with van der Waals surface area (Å²) in [5.41, 5.74) is 6.52. The Labute approximate surface area is 113 Å². The number of aliphatic hydroxyl groups excluding tert-OH is 2. The lowest BCUT2D eigenvalue weighted by Crippen LogP contribution is -2.42. The summed E-state index contributed by atoms with van der Waals surface area (Å²) in [6.07, 6.45) is 0.732. The summed E-state index contributed by atoms with van der Waals surface area (Å²) < 4.78 is 0. The minimum absolute atomic E-state index is 0.0572. The quantitative estimate of drug-likeness (QED) is 0.598. The third kappa shape index (κ3) is 5.38. The van der Waals surface area contributed by atoms with Crippen LogP contribution in [0, 0.1) is 5.92 Å². The molecule has 0 aliphatic rings. The Bertz CT molecular complexity index is 366. The van der Waals surface area contributed by atoms with Crippen molar-refractivity contribution in [2.45, 2.75) is 6.42 Å². The van der Waals surface area contributed by atoms with Gasteiger partial charge < -0.3 is 20.8 Å². The number of aliphatic hydroxyl groups is 2. The third-order valence-corrected chi connectivity index (χ3v) is 3.04. The maximum atomic E-state index is 11.7. The lowest BCUT2D eigenvalue weighted by atomic mass is 10.1. The smallest absolute Gasteiger partial charge is 0.236 e. The van der Waals surface area contributed by atoms with Gasteiger partial charge >= 0.3 is 0 Å². The van der Waals surface area contributed by atoms with E-state index in [-0.39, 0.29) is 31.6 Å². The molecule has 1 rings (SSSR count). The largest absolute Gasteiger partial charge is 0.396 e. The van der Waals surface area contributed by atoms with Crippen molar-refractivity contribution >= 4 is 5.91 Å². The Balaban J connectivity index is 2.57. The second kappa shape index (κ2) is 8.63. The molecule has 1 aromatic carbocycles. The summed E-state index contributed by atoms with van der Waals surface area (Å²) in [5, 5.41) is 18.2. The van der Waals surface area contributed by atoms with Gasteiger partial charge in [0.15, 0.2) is 0 Å². The molecule has 0 aliphatic carbocycles. The number of carbonyl (C=O) groups excluding carboxylic acids is 1. The lowest BCUT2D eigenvalue weighted by Gasteiger charge is -2.25. The average Bonchev–Trinajstić information content (AvgIpc) is 2.48. The second-order valence-corrected chi connectivity index (χ2v) is 4.51. The van der Waals surface area contributed by atoms with Gasteiger partial charge in [-0.2, -0.15) is 0 Å². The molecule has 0 bridgehead atoms. The van der Waals surface area contributed by atoms with Crippen molar-refractivity contribution in [3.63, 3.8) is 0 Å². The predicted molar refractivity (Wildman–Crippen MR) is 73.4 cm³/mol. The number of nitrogens with two attached hydrogens (primary N) is 1. The SMILES string of the molecule is NCC(=O)N(CCc1ccccc1)CC(CO)CO. The molecule has 0 heterocycles. The summed E-state index contributed by atoms with van der Waals surface area (Å²) in [6, 6.07) is 9.85. The number of hydrogen-bond acceptors (Lipinski definition) is 4. The van der Waals surface area contributed by atoms with Crippen molar-refractivity contribution in [3.8, 4) is 0 Å². The fraction of sp³-hybridized carbons (Fsp3) is 0.500. The van der Waals surface area contributed by atoms with Crippen molar-refractivity contribution in [2.75, 3.05) is 32.8 Å². The average molecular weight is 266 g/mol. The van der Waals surface area contributed by atoms with Crippen molar-refractivity contribution in [3.05, 3.63) is 35.9 Å². The van der Waals surface area contributed by atoms with E-state index in [1.54, 1.807) is 4.90 Å². The highest BCUT2D eigenvalue weighted by Crippen LogP contribution is 2.05. The zero-order valence-electron chi connectivity index (χ0n) is 11.0. The summed E-state index contributed by atoms with van der Waals surface area (Å²) in [7, 11) is 0. The van der Waals surface area contributed by atoms with Crippen LogP contribution in [0.1, 0.15) is 5.56 Å². The molecule has 4 N–H and O–H groups in total. The Morgan fingerprint density at radius 1 is 1.21 bits per heavy atom. The highest BCUT2D eigenvalue weighted by molar-refractivity contribution is 5.78. The zero-order valence-corrected chi connectivity index (χ0v) is 11.0. The van der Waals surface area contributed by atoms with Crippen LogP contribution in [0.3, 0.4) is 0 Å². The van der Waals surface area contributed by atoms with Crippen LogP contribution in [-0.2, 0) is 11.2 Å². The van der Waals surface area contributed by atoms with E-state index in [0.717, 1.165) is 12.0 Å².